The Morgan fingerprint density at radius 3 is 1.06 bits per heavy atom. The smallest absolute Gasteiger partial charge is 0.305 e. The maximum Gasteiger partial charge on any atom is 0.305 e. The van der Waals surface area contributed by atoms with Crippen LogP contribution in [0, 0.1) is 0 Å². The standard InChI is InChI=1S/C47H74O5/c1-3-5-7-9-11-13-15-17-19-21-23-25-27-29-31-33-35-37-39-41-46(49)51-43-45(48)44-52-47(50)42-40-38-36-34-32-30-28-26-24-22-20-18-16-14-12-10-8-6-4-2/h5,7,11-14,17-20,23-26,29-32,45,48H,3-4,6,8-10,15-16,21-22,27-28,33-44H2,1-2H3/b7-5-,13-11-,14-12-,19-17-,20-18-,25-23-,26-24-,31-29-,32-30-/t45-/m0/s1. The zero-order valence-electron chi connectivity index (χ0n) is 33.0. The summed E-state index contributed by atoms with van der Waals surface area (Å²) < 4.78 is 10.3. The Kier molecular flexibility index (Phi) is 39.2. The third-order valence-corrected chi connectivity index (χ3v) is 7.99. The molecule has 0 saturated carbocycles. The van der Waals surface area contributed by atoms with Crippen LogP contribution in [-0.2, 0) is 19.1 Å². The number of hydrogen-bond acceptors (Lipinski definition) is 5. The first-order valence-corrected chi connectivity index (χ1v) is 20.4. The van der Waals surface area contributed by atoms with Crippen LogP contribution in [0.1, 0.15) is 155 Å². The molecule has 5 heteroatoms. The highest BCUT2D eigenvalue weighted by Gasteiger charge is 2.12. The lowest BCUT2D eigenvalue weighted by molar-refractivity contribution is -0.152. The lowest BCUT2D eigenvalue weighted by Crippen LogP contribution is -2.25. The maximum atomic E-state index is 12.0. The van der Waals surface area contributed by atoms with Crippen molar-refractivity contribution in [3.05, 3.63) is 109 Å². The number of carbonyl (C=O) groups excluding carboxylic acids is 2. The Morgan fingerprint density at radius 1 is 0.423 bits per heavy atom. The normalized spacial score (nSPS) is 13.4. The van der Waals surface area contributed by atoms with Gasteiger partial charge in [0, 0.05) is 12.8 Å². The largest absolute Gasteiger partial charge is 0.463 e. The second kappa shape index (κ2) is 42.0. The Bertz CT molecular complexity index is 1090. The summed E-state index contributed by atoms with van der Waals surface area (Å²) in [6.45, 7) is 4.08. The number of carbonyl (C=O) groups is 2. The van der Waals surface area contributed by atoms with Crippen molar-refractivity contribution in [3.8, 4) is 0 Å². The van der Waals surface area contributed by atoms with Crippen molar-refractivity contribution in [1.29, 1.82) is 0 Å². The lowest BCUT2D eigenvalue weighted by Gasteiger charge is -2.12. The molecule has 0 rings (SSSR count). The predicted molar refractivity (Wildman–Crippen MR) is 223 cm³/mol. The summed E-state index contributed by atoms with van der Waals surface area (Å²) in [6, 6.07) is 0. The van der Waals surface area contributed by atoms with Gasteiger partial charge in [-0.05, 0) is 103 Å². The second-order valence-corrected chi connectivity index (χ2v) is 13.0. The molecule has 0 radical (unpaired) electrons. The van der Waals surface area contributed by atoms with Crippen LogP contribution in [0.5, 0.6) is 0 Å². The summed E-state index contributed by atoms with van der Waals surface area (Å²) in [7, 11) is 0. The van der Waals surface area contributed by atoms with Gasteiger partial charge in [-0.3, -0.25) is 9.59 Å². The summed E-state index contributed by atoms with van der Waals surface area (Å²) in [5.41, 5.74) is 0. The summed E-state index contributed by atoms with van der Waals surface area (Å²) in [5.74, 6) is -0.648. The molecular weight excluding hydrogens is 645 g/mol. The molecule has 0 aliphatic rings. The molecule has 0 heterocycles. The minimum Gasteiger partial charge on any atom is -0.463 e. The van der Waals surface area contributed by atoms with Gasteiger partial charge in [0.15, 0.2) is 0 Å². The van der Waals surface area contributed by atoms with Crippen molar-refractivity contribution >= 4 is 11.9 Å². The molecule has 1 N–H and O–H groups in total. The molecular formula is C47H74O5. The summed E-state index contributed by atoms with van der Waals surface area (Å²) in [6.07, 6.45) is 60.0. The van der Waals surface area contributed by atoms with Crippen molar-refractivity contribution < 1.29 is 24.2 Å². The van der Waals surface area contributed by atoms with Gasteiger partial charge in [-0.2, -0.15) is 0 Å². The van der Waals surface area contributed by atoms with E-state index >= 15 is 0 Å². The van der Waals surface area contributed by atoms with Crippen LogP contribution < -0.4 is 0 Å². The molecule has 292 valence electrons. The SMILES string of the molecule is CC/C=C\C/C=C\C/C=C\C/C=C\C/C=C\CCCCCC(=O)OC[C@H](O)COC(=O)CCCCC/C=C\C/C=C\C/C=C\C/C=C\CCCCC. The summed E-state index contributed by atoms with van der Waals surface area (Å²) >= 11 is 0. The minimum absolute atomic E-state index is 0.151. The zero-order valence-corrected chi connectivity index (χ0v) is 33.0. The fourth-order valence-electron chi connectivity index (χ4n) is 4.92. The molecule has 0 amide bonds. The third kappa shape index (κ3) is 41.0. The van der Waals surface area contributed by atoms with Gasteiger partial charge in [0.1, 0.15) is 19.3 Å². The van der Waals surface area contributed by atoms with E-state index in [4.69, 9.17) is 9.47 Å². The first-order valence-electron chi connectivity index (χ1n) is 20.4. The summed E-state index contributed by atoms with van der Waals surface area (Å²) in [4.78, 5) is 24.0. The predicted octanol–water partition coefficient (Wildman–Crippen LogP) is 13.1. The molecule has 0 saturated heterocycles. The molecule has 0 bridgehead atoms. The van der Waals surface area contributed by atoms with Gasteiger partial charge in [0.2, 0.25) is 0 Å². The average molecular weight is 719 g/mol. The van der Waals surface area contributed by atoms with Crippen LogP contribution in [0.4, 0.5) is 0 Å². The highest BCUT2D eigenvalue weighted by Crippen LogP contribution is 2.08. The van der Waals surface area contributed by atoms with Crippen molar-refractivity contribution in [1.82, 2.24) is 0 Å². The van der Waals surface area contributed by atoms with Crippen molar-refractivity contribution in [3.63, 3.8) is 0 Å². The van der Waals surface area contributed by atoms with Gasteiger partial charge in [-0.25, -0.2) is 0 Å². The van der Waals surface area contributed by atoms with Gasteiger partial charge >= 0.3 is 11.9 Å². The van der Waals surface area contributed by atoms with Crippen molar-refractivity contribution in [2.45, 2.75) is 161 Å². The molecule has 0 aromatic rings. The minimum atomic E-state index is -0.999. The number of allylic oxidation sites excluding steroid dienone is 18. The monoisotopic (exact) mass is 719 g/mol. The van der Waals surface area contributed by atoms with E-state index < -0.39 is 6.10 Å². The number of aliphatic hydroxyl groups excluding tert-OH is 1. The topological polar surface area (TPSA) is 72.8 Å². The highest BCUT2D eigenvalue weighted by molar-refractivity contribution is 5.69. The molecule has 1 atom stereocenters. The van der Waals surface area contributed by atoms with Gasteiger partial charge in [0.05, 0.1) is 0 Å². The van der Waals surface area contributed by atoms with E-state index in [2.05, 4.69) is 123 Å². The van der Waals surface area contributed by atoms with E-state index in [1.54, 1.807) is 0 Å². The molecule has 0 aromatic heterocycles. The van der Waals surface area contributed by atoms with Crippen LogP contribution in [0.2, 0.25) is 0 Å². The number of unbranched alkanes of at least 4 members (excludes halogenated alkanes) is 9. The van der Waals surface area contributed by atoms with E-state index in [9.17, 15) is 14.7 Å². The Labute approximate surface area is 319 Å². The number of aliphatic hydroxyl groups is 1. The molecule has 0 fully saturated rings. The lowest BCUT2D eigenvalue weighted by atomic mass is 10.1. The van der Waals surface area contributed by atoms with Gasteiger partial charge in [-0.15, -0.1) is 0 Å². The quantitative estimate of drug-likeness (QED) is 0.0401. The second-order valence-electron chi connectivity index (χ2n) is 13.0. The average Bonchev–Trinajstić information content (AvgIpc) is 3.15. The number of esters is 2. The summed E-state index contributed by atoms with van der Waals surface area (Å²) in [5, 5.41) is 10.0. The van der Waals surface area contributed by atoms with Gasteiger partial charge in [-0.1, -0.05) is 149 Å². The third-order valence-electron chi connectivity index (χ3n) is 7.99. The van der Waals surface area contributed by atoms with Crippen LogP contribution >= 0.6 is 0 Å². The molecule has 0 aliphatic carbocycles. The highest BCUT2D eigenvalue weighted by atomic mass is 16.6. The molecule has 0 spiro atoms. The van der Waals surface area contributed by atoms with E-state index in [0.717, 1.165) is 103 Å². The first-order chi connectivity index (χ1) is 25.6. The van der Waals surface area contributed by atoms with Gasteiger partial charge in [0.25, 0.3) is 0 Å². The van der Waals surface area contributed by atoms with Crippen molar-refractivity contribution in [2.24, 2.45) is 0 Å². The van der Waals surface area contributed by atoms with E-state index in [0.29, 0.717) is 12.8 Å². The van der Waals surface area contributed by atoms with E-state index in [-0.39, 0.29) is 25.2 Å². The number of ether oxygens (including phenoxy) is 2. The van der Waals surface area contributed by atoms with Crippen LogP contribution in [-0.4, -0.2) is 36.4 Å². The molecule has 52 heavy (non-hydrogen) atoms. The van der Waals surface area contributed by atoms with Gasteiger partial charge < -0.3 is 14.6 Å². The van der Waals surface area contributed by atoms with Crippen LogP contribution in [0.3, 0.4) is 0 Å². The number of hydrogen-bond donors (Lipinski definition) is 1. The zero-order chi connectivity index (χ0) is 37.8. The van der Waals surface area contributed by atoms with E-state index in [1.807, 2.05) is 0 Å². The fraction of sp³-hybridized carbons (Fsp3) is 0.574. The molecule has 0 aromatic carbocycles. The Morgan fingerprint density at radius 2 is 0.731 bits per heavy atom. The van der Waals surface area contributed by atoms with Crippen LogP contribution in [0.25, 0.3) is 0 Å². The first kappa shape index (κ1) is 48.6. The Balaban J connectivity index is 3.62. The molecule has 0 aliphatic heterocycles. The van der Waals surface area contributed by atoms with Crippen molar-refractivity contribution in [2.75, 3.05) is 13.2 Å². The maximum absolute atomic E-state index is 12.0. The van der Waals surface area contributed by atoms with E-state index in [1.165, 1.54) is 25.7 Å². The Hall–Kier alpha value is -3.44. The molecule has 5 nitrogen and oxygen atoms in total. The van der Waals surface area contributed by atoms with Crippen LogP contribution in [0.15, 0.2) is 109 Å². The molecule has 0 unspecified atom stereocenters. The number of rotatable bonds is 35. The fourth-order valence-corrected chi connectivity index (χ4v) is 4.92.